The third-order valence-electron chi connectivity index (χ3n) is 6.76. The van der Waals surface area contributed by atoms with Crippen molar-refractivity contribution in [2.24, 2.45) is 5.73 Å². The molecular formula is C32H32ClN5O2. The predicted molar refractivity (Wildman–Crippen MR) is 163 cm³/mol. The number of carbonyl (C=O) groups is 1. The molecule has 0 unspecified atom stereocenters. The van der Waals surface area contributed by atoms with Gasteiger partial charge in [-0.3, -0.25) is 9.78 Å². The molecular weight excluding hydrogens is 522 g/mol. The van der Waals surface area contributed by atoms with E-state index in [1.54, 1.807) is 18.3 Å². The van der Waals surface area contributed by atoms with Crippen molar-refractivity contribution in [3.05, 3.63) is 101 Å². The average molecular weight is 554 g/mol. The number of ether oxygens (including phenoxy) is 1. The van der Waals surface area contributed by atoms with E-state index in [1.807, 2.05) is 42.6 Å². The third kappa shape index (κ3) is 6.74. The number of hydrogen-bond donors (Lipinski definition) is 3. The Balaban J connectivity index is 1.02. The van der Waals surface area contributed by atoms with Crippen LogP contribution in [0.2, 0.25) is 5.02 Å². The van der Waals surface area contributed by atoms with Gasteiger partial charge in [0.25, 0.3) is 0 Å². The van der Waals surface area contributed by atoms with Crippen LogP contribution < -0.4 is 16.4 Å². The van der Waals surface area contributed by atoms with Crippen LogP contribution in [0.1, 0.15) is 28.8 Å². The number of nitrogens with two attached hydrogens (primary N) is 1. The molecule has 0 saturated carbocycles. The number of hydrogen-bond acceptors (Lipinski definition) is 6. The highest BCUT2D eigenvalue weighted by atomic mass is 35.5. The topological polar surface area (TPSA) is 102 Å². The molecule has 0 radical (unpaired) electrons. The molecule has 0 bridgehead atoms. The second kappa shape index (κ2) is 13.3. The summed E-state index contributed by atoms with van der Waals surface area (Å²) in [6.45, 7) is 3.61. The second-order valence-electron chi connectivity index (χ2n) is 9.58. The molecule has 5 aromatic rings. The molecule has 0 fully saturated rings. The summed E-state index contributed by atoms with van der Waals surface area (Å²) in [6.07, 6.45) is 5.45. The van der Waals surface area contributed by atoms with Crippen molar-refractivity contribution in [3.63, 3.8) is 0 Å². The van der Waals surface area contributed by atoms with Crippen molar-refractivity contribution in [2.45, 2.75) is 19.4 Å². The Bertz CT molecular complexity index is 1610. The Kier molecular flexibility index (Phi) is 9.18. The molecule has 7 nitrogen and oxygen atoms in total. The van der Waals surface area contributed by atoms with Gasteiger partial charge in [-0.15, -0.1) is 0 Å². The zero-order valence-corrected chi connectivity index (χ0v) is 23.0. The van der Waals surface area contributed by atoms with Gasteiger partial charge in [0.15, 0.2) is 0 Å². The molecule has 0 aliphatic carbocycles. The molecule has 0 aliphatic heterocycles. The Labute approximate surface area is 238 Å². The van der Waals surface area contributed by atoms with Crippen LogP contribution in [0.3, 0.4) is 0 Å². The molecule has 3 aromatic carbocycles. The maximum absolute atomic E-state index is 11.6. The van der Waals surface area contributed by atoms with Gasteiger partial charge in [-0.1, -0.05) is 60.1 Å². The zero-order chi connectivity index (χ0) is 27.7. The van der Waals surface area contributed by atoms with Gasteiger partial charge in [0.2, 0.25) is 5.91 Å². The molecule has 40 heavy (non-hydrogen) atoms. The monoisotopic (exact) mass is 553 g/mol. The molecule has 0 aliphatic rings. The zero-order valence-electron chi connectivity index (χ0n) is 22.2. The first-order chi connectivity index (χ1) is 19.6. The number of aromatic nitrogens is 2. The SMILES string of the molecule is NC(=O)c1ccc2c(c1)nc(NCCCCOCCNCc1ccc(-c3ccccc3)c(Cl)c1)c1ccncc12. The maximum Gasteiger partial charge on any atom is 0.248 e. The van der Waals surface area contributed by atoms with Crippen molar-refractivity contribution in [2.75, 3.05) is 31.6 Å². The van der Waals surface area contributed by atoms with Crippen molar-refractivity contribution >= 4 is 45.0 Å². The third-order valence-corrected chi connectivity index (χ3v) is 7.07. The number of carbonyl (C=O) groups excluding carboxylic acids is 1. The summed E-state index contributed by atoms with van der Waals surface area (Å²) >= 11 is 6.52. The summed E-state index contributed by atoms with van der Waals surface area (Å²) in [4.78, 5) is 20.7. The quantitative estimate of drug-likeness (QED) is 0.118. The number of rotatable bonds is 13. The first-order valence-electron chi connectivity index (χ1n) is 13.4. The van der Waals surface area contributed by atoms with Crippen LogP contribution in [0.15, 0.2) is 85.2 Å². The number of fused-ring (bicyclic) bond motifs is 3. The van der Waals surface area contributed by atoms with Crippen LogP contribution in [0.5, 0.6) is 0 Å². The minimum Gasteiger partial charge on any atom is -0.380 e. The smallest absolute Gasteiger partial charge is 0.248 e. The summed E-state index contributed by atoms with van der Waals surface area (Å²) in [6, 6.07) is 23.6. The largest absolute Gasteiger partial charge is 0.380 e. The van der Waals surface area contributed by atoms with E-state index in [1.165, 1.54) is 0 Å². The Morgan fingerprint density at radius 2 is 1.77 bits per heavy atom. The Morgan fingerprint density at radius 1 is 0.900 bits per heavy atom. The van der Waals surface area contributed by atoms with Gasteiger partial charge >= 0.3 is 0 Å². The minimum absolute atomic E-state index is 0.436. The van der Waals surface area contributed by atoms with E-state index < -0.39 is 5.91 Å². The lowest BCUT2D eigenvalue weighted by molar-refractivity contribution is 0.100. The number of pyridine rings is 2. The van der Waals surface area contributed by atoms with Crippen molar-refractivity contribution < 1.29 is 9.53 Å². The molecule has 0 atom stereocenters. The molecule has 0 spiro atoms. The first kappa shape index (κ1) is 27.5. The molecule has 1 amide bonds. The predicted octanol–water partition coefficient (Wildman–Crippen LogP) is 6.20. The number of unbranched alkanes of at least 4 members (excludes halogenated alkanes) is 1. The first-order valence-corrected chi connectivity index (χ1v) is 13.8. The molecule has 8 heteroatoms. The second-order valence-corrected chi connectivity index (χ2v) is 9.99. The van der Waals surface area contributed by atoms with Gasteiger partial charge in [-0.2, -0.15) is 0 Å². The maximum atomic E-state index is 11.6. The number of benzene rings is 3. The van der Waals surface area contributed by atoms with Gasteiger partial charge in [0.05, 0.1) is 12.1 Å². The van der Waals surface area contributed by atoms with Gasteiger partial charge in [0, 0.05) is 70.9 Å². The van der Waals surface area contributed by atoms with E-state index >= 15 is 0 Å². The Morgan fingerprint density at radius 3 is 2.60 bits per heavy atom. The summed E-state index contributed by atoms with van der Waals surface area (Å²) in [7, 11) is 0. The lowest BCUT2D eigenvalue weighted by Gasteiger charge is -2.12. The highest BCUT2D eigenvalue weighted by Crippen LogP contribution is 2.30. The van der Waals surface area contributed by atoms with Gasteiger partial charge < -0.3 is 21.1 Å². The lowest BCUT2D eigenvalue weighted by atomic mass is 10.0. The van der Waals surface area contributed by atoms with Gasteiger partial charge in [-0.25, -0.2) is 4.98 Å². The summed E-state index contributed by atoms with van der Waals surface area (Å²) in [5.41, 5.74) is 9.92. The van der Waals surface area contributed by atoms with Gasteiger partial charge in [-0.05, 0) is 48.2 Å². The fourth-order valence-corrected chi connectivity index (χ4v) is 4.98. The van der Waals surface area contributed by atoms with Crippen LogP contribution >= 0.6 is 11.6 Å². The molecule has 2 aromatic heterocycles. The summed E-state index contributed by atoms with van der Waals surface area (Å²) in [5, 5.41) is 10.5. The highest BCUT2D eigenvalue weighted by molar-refractivity contribution is 6.33. The summed E-state index contributed by atoms with van der Waals surface area (Å²) < 4.78 is 5.80. The molecule has 4 N–H and O–H groups in total. The lowest BCUT2D eigenvalue weighted by Crippen LogP contribution is -2.19. The Hall–Kier alpha value is -4.04. The minimum atomic E-state index is -0.471. The fourth-order valence-electron chi connectivity index (χ4n) is 4.67. The van der Waals surface area contributed by atoms with Crippen LogP contribution in [0.25, 0.3) is 32.8 Å². The van der Waals surface area contributed by atoms with E-state index in [2.05, 4.69) is 39.9 Å². The van der Waals surface area contributed by atoms with Crippen LogP contribution in [0, 0.1) is 0 Å². The molecule has 0 saturated heterocycles. The average Bonchev–Trinajstić information content (AvgIpc) is 2.98. The van der Waals surface area contributed by atoms with Gasteiger partial charge in [0.1, 0.15) is 5.82 Å². The van der Waals surface area contributed by atoms with Crippen molar-refractivity contribution in [1.29, 1.82) is 0 Å². The standard InChI is InChI=1S/C32H32ClN5O2/c33-29-18-22(8-10-25(29)23-6-2-1-3-7-23)20-36-15-17-40-16-5-4-13-37-32-27-12-14-35-21-28(27)26-11-9-24(31(34)39)19-30(26)38-32/h1-3,6-12,14,18-19,21,36H,4-5,13,15-17,20H2,(H2,34,39)(H,37,38). The molecule has 2 heterocycles. The van der Waals surface area contributed by atoms with Crippen LogP contribution in [-0.4, -0.2) is 42.2 Å². The van der Waals surface area contributed by atoms with E-state index in [0.29, 0.717) is 24.3 Å². The van der Waals surface area contributed by atoms with E-state index in [-0.39, 0.29) is 0 Å². The normalized spacial score (nSPS) is 11.2. The van der Waals surface area contributed by atoms with Crippen LogP contribution in [-0.2, 0) is 11.3 Å². The number of anilines is 1. The fraction of sp³-hybridized carbons (Fsp3) is 0.219. The number of nitrogens with zero attached hydrogens (tertiary/aromatic N) is 2. The molecule has 204 valence electrons. The number of halogens is 1. The number of primary amides is 1. The number of amides is 1. The van der Waals surface area contributed by atoms with E-state index in [9.17, 15) is 4.79 Å². The number of nitrogens with one attached hydrogen (secondary N) is 2. The van der Waals surface area contributed by atoms with Crippen molar-refractivity contribution in [3.8, 4) is 11.1 Å². The van der Waals surface area contributed by atoms with E-state index in [4.69, 9.17) is 27.1 Å². The van der Waals surface area contributed by atoms with Crippen LogP contribution in [0.4, 0.5) is 5.82 Å². The molecule has 5 rings (SSSR count). The highest BCUT2D eigenvalue weighted by Gasteiger charge is 2.10. The van der Waals surface area contributed by atoms with Crippen molar-refractivity contribution in [1.82, 2.24) is 15.3 Å². The summed E-state index contributed by atoms with van der Waals surface area (Å²) in [5.74, 6) is 0.301. The van der Waals surface area contributed by atoms with E-state index in [0.717, 1.165) is 76.2 Å².